The molecule has 0 unspecified atom stereocenters. The van der Waals surface area contributed by atoms with Crippen molar-refractivity contribution in [2.45, 2.75) is 26.3 Å². The molecule has 0 radical (unpaired) electrons. The van der Waals surface area contributed by atoms with E-state index in [0.717, 1.165) is 19.5 Å². The third kappa shape index (κ3) is 3.47. The summed E-state index contributed by atoms with van der Waals surface area (Å²) in [7, 11) is 0. The molecule has 1 aromatic heterocycles. The van der Waals surface area contributed by atoms with E-state index in [2.05, 4.69) is 42.1 Å². The van der Waals surface area contributed by atoms with Crippen molar-refractivity contribution in [3.8, 4) is 0 Å². The van der Waals surface area contributed by atoms with Crippen LogP contribution in [0.4, 0.5) is 0 Å². The van der Waals surface area contributed by atoms with E-state index in [1.807, 2.05) is 0 Å². The van der Waals surface area contributed by atoms with Gasteiger partial charge in [0, 0.05) is 18.9 Å². The Morgan fingerprint density at radius 2 is 2.38 bits per heavy atom. The van der Waals surface area contributed by atoms with Gasteiger partial charge in [-0.05, 0) is 31.0 Å². The Morgan fingerprint density at radius 3 is 3.08 bits per heavy atom. The van der Waals surface area contributed by atoms with Crippen molar-refractivity contribution in [2.24, 2.45) is 5.73 Å². The van der Waals surface area contributed by atoms with E-state index in [1.165, 1.54) is 12.0 Å². The van der Waals surface area contributed by atoms with Crippen molar-refractivity contribution >= 4 is 6.08 Å². The first kappa shape index (κ1) is 10.1. The number of nitrogens with two attached hydrogens (primary N) is 1. The molecular formula is C11H18N2. The fourth-order valence-electron chi connectivity index (χ4n) is 1.27. The first-order valence-electron chi connectivity index (χ1n) is 4.89. The van der Waals surface area contributed by atoms with Crippen LogP contribution in [-0.4, -0.2) is 11.1 Å². The lowest BCUT2D eigenvalue weighted by atomic mass is 10.3. The second-order valence-corrected chi connectivity index (χ2v) is 3.16. The Balaban J connectivity index is 2.48. The van der Waals surface area contributed by atoms with Crippen LogP contribution in [0.2, 0.25) is 0 Å². The second kappa shape index (κ2) is 5.60. The molecule has 0 aromatic carbocycles. The van der Waals surface area contributed by atoms with E-state index < -0.39 is 0 Å². The Morgan fingerprint density at radius 1 is 1.54 bits per heavy atom. The number of hydrogen-bond acceptors (Lipinski definition) is 1. The van der Waals surface area contributed by atoms with Crippen molar-refractivity contribution in [3.05, 3.63) is 30.1 Å². The topological polar surface area (TPSA) is 30.9 Å². The maximum absolute atomic E-state index is 5.39. The van der Waals surface area contributed by atoms with Gasteiger partial charge in [0.15, 0.2) is 0 Å². The fraction of sp³-hybridized carbons (Fsp3) is 0.455. The number of rotatable bonds is 5. The summed E-state index contributed by atoms with van der Waals surface area (Å²) in [4.78, 5) is 0. The van der Waals surface area contributed by atoms with Crippen LogP contribution in [0, 0.1) is 0 Å². The van der Waals surface area contributed by atoms with Crippen LogP contribution >= 0.6 is 0 Å². The molecule has 0 aliphatic rings. The highest BCUT2D eigenvalue weighted by Gasteiger charge is 1.90. The molecule has 2 heteroatoms. The van der Waals surface area contributed by atoms with Crippen LogP contribution in [0.1, 0.15) is 25.3 Å². The van der Waals surface area contributed by atoms with Crippen LogP contribution in [0.5, 0.6) is 0 Å². The molecule has 0 saturated heterocycles. The van der Waals surface area contributed by atoms with Gasteiger partial charge in [0.05, 0.1) is 0 Å². The van der Waals surface area contributed by atoms with Crippen molar-refractivity contribution in [2.75, 3.05) is 6.54 Å². The molecule has 0 atom stereocenters. The van der Waals surface area contributed by atoms with Crippen LogP contribution in [0.3, 0.4) is 0 Å². The van der Waals surface area contributed by atoms with Crippen LogP contribution in [0.15, 0.2) is 24.5 Å². The Hall–Kier alpha value is -1.02. The summed E-state index contributed by atoms with van der Waals surface area (Å²) in [6, 6.07) is 2.13. The van der Waals surface area contributed by atoms with E-state index in [0.29, 0.717) is 0 Å². The molecule has 13 heavy (non-hydrogen) atoms. The number of hydrogen-bond donors (Lipinski definition) is 1. The molecule has 1 rings (SSSR count). The lowest BCUT2D eigenvalue weighted by Gasteiger charge is -1.96. The predicted molar refractivity (Wildman–Crippen MR) is 57.4 cm³/mol. The van der Waals surface area contributed by atoms with Gasteiger partial charge in [-0.25, -0.2) is 0 Å². The van der Waals surface area contributed by atoms with Crippen molar-refractivity contribution in [1.29, 1.82) is 0 Å². The van der Waals surface area contributed by atoms with E-state index >= 15 is 0 Å². The van der Waals surface area contributed by atoms with Crippen LogP contribution < -0.4 is 5.73 Å². The number of nitrogens with zero attached hydrogens (tertiary/aromatic N) is 1. The summed E-state index contributed by atoms with van der Waals surface area (Å²) < 4.78 is 2.21. The molecule has 0 aliphatic carbocycles. The third-order valence-corrected chi connectivity index (χ3v) is 1.90. The largest absolute Gasteiger partial charge is 0.354 e. The maximum atomic E-state index is 5.39. The number of aryl methyl sites for hydroxylation is 1. The zero-order chi connectivity index (χ0) is 9.52. The van der Waals surface area contributed by atoms with E-state index in [-0.39, 0.29) is 0 Å². The fourth-order valence-corrected chi connectivity index (χ4v) is 1.27. The molecule has 0 amide bonds. The van der Waals surface area contributed by atoms with E-state index in [9.17, 15) is 0 Å². The maximum Gasteiger partial charge on any atom is 0.0217 e. The number of aromatic nitrogens is 1. The molecule has 1 heterocycles. The minimum Gasteiger partial charge on any atom is -0.354 e. The molecule has 0 spiro atoms. The normalized spacial score (nSPS) is 11.2. The minimum absolute atomic E-state index is 0.728. The molecule has 72 valence electrons. The molecule has 0 fully saturated rings. The van der Waals surface area contributed by atoms with Gasteiger partial charge in [-0.2, -0.15) is 0 Å². The zero-order valence-corrected chi connectivity index (χ0v) is 8.24. The summed E-state index contributed by atoms with van der Waals surface area (Å²) >= 11 is 0. The Labute approximate surface area is 80.1 Å². The molecule has 2 nitrogen and oxygen atoms in total. The molecule has 0 bridgehead atoms. The highest BCUT2D eigenvalue weighted by molar-refractivity contribution is 5.47. The molecule has 0 aliphatic heterocycles. The van der Waals surface area contributed by atoms with Gasteiger partial charge in [-0.15, -0.1) is 0 Å². The summed E-state index contributed by atoms with van der Waals surface area (Å²) in [5, 5.41) is 0. The highest BCUT2D eigenvalue weighted by Crippen LogP contribution is 2.04. The third-order valence-electron chi connectivity index (χ3n) is 1.90. The summed E-state index contributed by atoms with van der Waals surface area (Å²) in [6.45, 7) is 4.01. The van der Waals surface area contributed by atoms with Gasteiger partial charge in [-0.3, -0.25) is 0 Å². The van der Waals surface area contributed by atoms with Gasteiger partial charge >= 0.3 is 0 Å². The van der Waals surface area contributed by atoms with Crippen molar-refractivity contribution in [3.63, 3.8) is 0 Å². The van der Waals surface area contributed by atoms with Gasteiger partial charge in [0.2, 0.25) is 0 Å². The second-order valence-electron chi connectivity index (χ2n) is 3.16. The van der Waals surface area contributed by atoms with E-state index in [4.69, 9.17) is 5.73 Å². The summed E-state index contributed by atoms with van der Waals surface area (Å²) in [6.07, 6.45) is 10.7. The molecule has 2 N–H and O–H groups in total. The Bertz CT molecular complexity index is 261. The minimum atomic E-state index is 0.728. The Kier molecular flexibility index (Phi) is 4.33. The van der Waals surface area contributed by atoms with Crippen LogP contribution in [-0.2, 0) is 6.54 Å². The predicted octanol–water partition coefficient (Wildman–Crippen LogP) is 2.26. The smallest absolute Gasteiger partial charge is 0.0217 e. The van der Waals surface area contributed by atoms with Crippen molar-refractivity contribution < 1.29 is 0 Å². The lowest BCUT2D eigenvalue weighted by molar-refractivity contribution is 0.683. The highest BCUT2D eigenvalue weighted by atomic mass is 14.9. The average Bonchev–Trinajstić information content (AvgIpc) is 2.54. The quantitative estimate of drug-likeness (QED) is 0.736. The first-order valence-corrected chi connectivity index (χ1v) is 4.89. The molecular weight excluding hydrogens is 160 g/mol. The lowest BCUT2D eigenvalue weighted by Crippen LogP contribution is -1.94. The molecule has 1 aromatic rings. The molecule has 0 saturated carbocycles. The SMILES string of the molecule is CCCn1ccc(C=CCCN)c1. The van der Waals surface area contributed by atoms with E-state index in [1.54, 1.807) is 0 Å². The average molecular weight is 178 g/mol. The van der Waals surface area contributed by atoms with Gasteiger partial charge in [-0.1, -0.05) is 19.1 Å². The van der Waals surface area contributed by atoms with Gasteiger partial charge in [0.1, 0.15) is 0 Å². The standard InChI is InChI=1S/C11H18N2/c1-2-8-13-9-6-11(10-13)5-3-4-7-12/h3,5-6,9-10H,2,4,7-8,12H2,1H3. The zero-order valence-electron chi connectivity index (χ0n) is 8.24. The summed E-state index contributed by atoms with van der Waals surface area (Å²) in [5.41, 5.74) is 6.65. The van der Waals surface area contributed by atoms with Gasteiger partial charge in [0.25, 0.3) is 0 Å². The van der Waals surface area contributed by atoms with Crippen LogP contribution in [0.25, 0.3) is 6.08 Å². The monoisotopic (exact) mass is 178 g/mol. The van der Waals surface area contributed by atoms with Gasteiger partial charge < -0.3 is 10.3 Å². The van der Waals surface area contributed by atoms with Crippen molar-refractivity contribution in [1.82, 2.24) is 4.57 Å². The first-order chi connectivity index (χ1) is 6.36. The summed E-state index contributed by atoms with van der Waals surface area (Å²) in [5.74, 6) is 0.